The Morgan fingerprint density at radius 1 is 1.20 bits per heavy atom. The number of sulfonamides is 1. The minimum Gasteiger partial charge on any atom is -0.224 e. The smallest absolute Gasteiger partial charge is 0.224 e. The first-order valence-electron chi connectivity index (χ1n) is 4.06. The zero-order valence-electron chi connectivity index (χ0n) is 7.58. The molecule has 0 amide bonds. The van der Waals surface area contributed by atoms with E-state index >= 15 is 0 Å². The van der Waals surface area contributed by atoms with Crippen molar-refractivity contribution in [1.29, 1.82) is 0 Å². The van der Waals surface area contributed by atoms with Crippen LogP contribution in [-0.4, -0.2) is 8.42 Å². The number of primary sulfonamides is 1. The van der Waals surface area contributed by atoms with Gasteiger partial charge in [0.1, 0.15) is 4.21 Å². The normalized spacial score (nSPS) is 11.8. The van der Waals surface area contributed by atoms with Gasteiger partial charge in [0, 0.05) is 16.2 Å². The molecule has 15 heavy (non-hydrogen) atoms. The highest BCUT2D eigenvalue weighted by Gasteiger charge is 2.11. The van der Waals surface area contributed by atoms with E-state index in [-0.39, 0.29) is 4.21 Å². The van der Waals surface area contributed by atoms with E-state index in [2.05, 4.69) is 0 Å². The van der Waals surface area contributed by atoms with Crippen molar-refractivity contribution in [2.24, 2.45) is 5.14 Å². The van der Waals surface area contributed by atoms with Crippen LogP contribution in [0.15, 0.2) is 33.9 Å². The number of hydrogen-bond donors (Lipinski definition) is 1. The maximum absolute atomic E-state index is 11.0. The van der Waals surface area contributed by atoms with Crippen LogP contribution in [0.5, 0.6) is 0 Å². The lowest BCUT2D eigenvalue weighted by molar-refractivity contribution is 0.600. The molecule has 1 radical (unpaired) electrons. The van der Waals surface area contributed by atoms with Gasteiger partial charge < -0.3 is 0 Å². The van der Waals surface area contributed by atoms with Crippen LogP contribution in [0.3, 0.4) is 0 Å². The highest BCUT2D eigenvalue weighted by atomic mass is 32.2. The SMILES string of the molecule is NS(=O)(=O)c1ccc([CH]c2cccs2)s1. The van der Waals surface area contributed by atoms with E-state index in [0.717, 1.165) is 9.75 Å². The first-order chi connectivity index (χ1) is 7.05. The third-order valence-corrected chi connectivity index (χ3v) is 5.00. The summed E-state index contributed by atoms with van der Waals surface area (Å²) in [6.07, 6.45) is 1.93. The summed E-state index contributed by atoms with van der Waals surface area (Å²) in [6, 6.07) is 7.20. The van der Waals surface area contributed by atoms with Crippen molar-refractivity contribution in [2.45, 2.75) is 4.21 Å². The fourth-order valence-electron chi connectivity index (χ4n) is 1.08. The van der Waals surface area contributed by atoms with E-state index in [0.29, 0.717) is 0 Å². The first kappa shape index (κ1) is 10.8. The van der Waals surface area contributed by atoms with Crippen molar-refractivity contribution in [3.05, 3.63) is 45.8 Å². The number of thiophene rings is 2. The molecule has 6 heteroatoms. The third-order valence-electron chi connectivity index (χ3n) is 1.71. The summed E-state index contributed by atoms with van der Waals surface area (Å²) in [4.78, 5) is 1.99. The maximum Gasteiger partial charge on any atom is 0.247 e. The Kier molecular flexibility index (Phi) is 2.92. The summed E-state index contributed by atoms with van der Waals surface area (Å²) in [5, 5.41) is 6.99. The molecule has 79 valence electrons. The lowest BCUT2D eigenvalue weighted by Gasteiger charge is -1.91. The molecular formula is C9H8NO2S3. The van der Waals surface area contributed by atoms with Crippen molar-refractivity contribution in [3.63, 3.8) is 0 Å². The lowest BCUT2D eigenvalue weighted by Crippen LogP contribution is -2.09. The van der Waals surface area contributed by atoms with Crippen LogP contribution in [0.2, 0.25) is 0 Å². The van der Waals surface area contributed by atoms with Gasteiger partial charge in [-0.3, -0.25) is 0 Å². The summed E-state index contributed by atoms with van der Waals surface area (Å²) in [7, 11) is -3.56. The van der Waals surface area contributed by atoms with Gasteiger partial charge in [0.25, 0.3) is 0 Å². The van der Waals surface area contributed by atoms with Crippen LogP contribution in [0.4, 0.5) is 0 Å². The van der Waals surface area contributed by atoms with Gasteiger partial charge in [-0.1, -0.05) is 6.07 Å². The van der Waals surface area contributed by atoms with Crippen LogP contribution in [0.1, 0.15) is 9.75 Å². The molecule has 2 aromatic rings. The van der Waals surface area contributed by atoms with Gasteiger partial charge in [0.05, 0.1) is 0 Å². The fraction of sp³-hybridized carbons (Fsp3) is 0. The van der Waals surface area contributed by atoms with Crippen LogP contribution in [0, 0.1) is 6.42 Å². The molecule has 2 heterocycles. The van der Waals surface area contributed by atoms with Crippen molar-refractivity contribution in [3.8, 4) is 0 Å². The first-order valence-corrected chi connectivity index (χ1v) is 7.31. The van der Waals surface area contributed by atoms with Crippen molar-refractivity contribution in [2.75, 3.05) is 0 Å². The number of rotatable bonds is 3. The van der Waals surface area contributed by atoms with E-state index in [4.69, 9.17) is 5.14 Å². The molecule has 0 spiro atoms. The molecule has 2 aromatic heterocycles. The Hall–Kier alpha value is -0.690. The maximum atomic E-state index is 11.0. The van der Waals surface area contributed by atoms with Crippen molar-refractivity contribution in [1.82, 2.24) is 0 Å². The van der Waals surface area contributed by atoms with E-state index in [1.54, 1.807) is 17.4 Å². The van der Waals surface area contributed by atoms with E-state index in [1.165, 1.54) is 17.4 Å². The molecule has 0 aliphatic carbocycles. The molecule has 0 saturated carbocycles. The highest BCUT2D eigenvalue weighted by molar-refractivity contribution is 7.91. The number of hydrogen-bond acceptors (Lipinski definition) is 4. The Morgan fingerprint density at radius 3 is 2.53 bits per heavy atom. The summed E-state index contributed by atoms with van der Waals surface area (Å²) >= 11 is 2.78. The molecule has 0 unspecified atom stereocenters. The molecule has 0 aliphatic heterocycles. The topological polar surface area (TPSA) is 60.2 Å². The predicted octanol–water partition coefficient (Wildman–Crippen LogP) is 2.06. The lowest BCUT2D eigenvalue weighted by atomic mass is 10.3. The van der Waals surface area contributed by atoms with Gasteiger partial charge >= 0.3 is 0 Å². The summed E-state index contributed by atoms with van der Waals surface area (Å²) in [5.41, 5.74) is 0. The molecular weight excluding hydrogens is 250 g/mol. The molecule has 0 saturated heterocycles. The van der Waals surface area contributed by atoms with E-state index in [9.17, 15) is 8.42 Å². The average Bonchev–Trinajstić information content (AvgIpc) is 2.73. The second-order valence-electron chi connectivity index (χ2n) is 2.86. The van der Waals surface area contributed by atoms with Gasteiger partial charge in [-0.05, 0) is 23.6 Å². The van der Waals surface area contributed by atoms with Gasteiger partial charge in [0.15, 0.2) is 0 Å². The largest absolute Gasteiger partial charge is 0.247 e. The minimum absolute atomic E-state index is 0.199. The zero-order valence-corrected chi connectivity index (χ0v) is 10.0. The standard InChI is InChI=1S/C9H8NO2S3/c10-15(11,12)9-4-3-8(14-9)6-7-2-1-5-13-7/h1-6H,(H2,10,11,12). The van der Waals surface area contributed by atoms with Gasteiger partial charge in [0.2, 0.25) is 10.0 Å². The molecule has 0 bridgehead atoms. The Bertz CT molecular complexity index is 540. The Labute approximate surface area is 96.2 Å². The quantitative estimate of drug-likeness (QED) is 0.916. The Balaban J connectivity index is 2.22. The molecule has 2 rings (SSSR count). The van der Waals surface area contributed by atoms with Crippen molar-refractivity contribution >= 4 is 32.7 Å². The van der Waals surface area contributed by atoms with Crippen LogP contribution in [-0.2, 0) is 10.0 Å². The van der Waals surface area contributed by atoms with Crippen LogP contribution in [0.25, 0.3) is 0 Å². The monoisotopic (exact) mass is 258 g/mol. The molecule has 0 aromatic carbocycles. The fourth-order valence-corrected chi connectivity index (χ4v) is 3.52. The number of nitrogens with two attached hydrogens (primary N) is 1. The zero-order chi connectivity index (χ0) is 10.9. The van der Waals surface area contributed by atoms with Gasteiger partial charge in [-0.15, -0.1) is 22.7 Å². The summed E-state index contributed by atoms with van der Waals surface area (Å²) in [5.74, 6) is 0. The van der Waals surface area contributed by atoms with Gasteiger partial charge in [-0.2, -0.15) is 0 Å². The second-order valence-corrected chi connectivity index (χ2v) is 6.74. The van der Waals surface area contributed by atoms with Crippen molar-refractivity contribution < 1.29 is 8.42 Å². The van der Waals surface area contributed by atoms with E-state index in [1.807, 2.05) is 23.9 Å². The summed E-state index contributed by atoms with van der Waals surface area (Å²) < 4.78 is 22.3. The Morgan fingerprint density at radius 2 is 2.00 bits per heavy atom. The predicted molar refractivity (Wildman–Crippen MR) is 62.5 cm³/mol. The van der Waals surface area contributed by atoms with Crippen LogP contribution < -0.4 is 5.14 Å². The second kappa shape index (κ2) is 4.05. The average molecular weight is 258 g/mol. The third kappa shape index (κ3) is 2.66. The molecule has 2 N–H and O–H groups in total. The minimum atomic E-state index is -3.56. The molecule has 0 atom stereocenters. The molecule has 0 fully saturated rings. The highest BCUT2D eigenvalue weighted by Crippen LogP contribution is 2.25. The van der Waals surface area contributed by atoms with E-state index < -0.39 is 10.0 Å². The molecule has 0 aliphatic rings. The summed E-state index contributed by atoms with van der Waals surface area (Å²) in [6.45, 7) is 0. The van der Waals surface area contributed by atoms with Gasteiger partial charge in [-0.25, -0.2) is 13.6 Å². The molecule has 3 nitrogen and oxygen atoms in total. The van der Waals surface area contributed by atoms with Crippen LogP contribution >= 0.6 is 22.7 Å².